The van der Waals surface area contributed by atoms with E-state index in [-0.39, 0.29) is 24.7 Å². The molecule has 1 fully saturated rings. The second kappa shape index (κ2) is 9.94. The molecule has 0 saturated carbocycles. The van der Waals surface area contributed by atoms with Crippen molar-refractivity contribution < 1.29 is 22.7 Å². The van der Waals surface area contributed by atoms with Gasteiger partial charge < -0.3 is 9.47 Å². The number of sulfonamides is 1. The molecule has 0 aromatic heterocycles. The number of ether oxygens (including phenoxy) is 2. The number of halogens is 1. The topological polar surface area (TPSA) is 96.7 Å². The highest BCUT2D eigenvalue weighted by Gasteiger charge is 2.34. The maximum Gasteiger partial charge on any atom is 0.310 e. The molecule has 2 aromatic rings. The number of nitrogens with zero attached hydrogens (tertiary/aromatic N) is 2. The molecule has 158 valence electrons. The number of rotatable bonds is 7. The quantitative estimate of drug-likeness (QED) is 0.476. The van der Waals surface area contributed by atoms with Crippen LogP contribution in [0.2, 0.25) is 5.02 Å². The Hall–Kier alpha value is -2.60. The van der Waals surface area contributed by atoms with Crippen LogP contribution >= 0.6 is 11.6 Å². The summed E-state index contributed by atoms with van der Waals surface area (Å²) in [6.45, 7) is 0.660. The van der Waals surface area contributed by atoms with Gasteiger partial charge in [-0.25, -0.2) is 8.42 Å². The Kier molecular flexibility index (Phi) is 7.32. The average molecular weight is 449 g/mol. The van der Waals surface area contributed by atoms with Crippen LogP contribution in [0.4, 0.5) is 0 Å². The van der Waals surface area contributed by atoms with Crippen molar-refractivity contribution in [1.82, 2.24) is 4.31 Å². The van der Waals surface area contributed by atoms with Gasteiger partial charge in [-0.15, -0.1) is 0 Å². The maximum atomic E-state index is 12.8. The predicted molar refractivity (Wildman–Crippen MR) is 111 cm³/mol. The van der Waals surface area contributed by atoms with Gasteiger partial charge in [-0.2, -0.15) is 9.57 Å². The van der Waals surface area contributed by atoms with Crippen molar-refractivity contribution in [3.63, 3.8) is 0 Å². The van der Waals surface area contributed by atoms with Crippen molar-refractivity contribution in [2.45, 2.75) is 17.7 Å². The molecule has 1 aliphatic rings. The van der Waals surface area contributed by atoms with Crippen LogP contribution in [0.5, 0.6) is 5.75 Å². The second-order valence-electron chi connectivity index (χ2n) is 6.81. The summed E-state index contributed by atoms with van der Waals surface area (Å²) >= 11 is 5.83. The Morgan fingerprint density at radius 2 is 1.83 bits per heavy atom. The monoisotopic (exact) mass is 448 g/mol. The van der Waals surface area contributed by atoms with Crippen molar-refractivity contribution in [1.29, 1.82) is 5.26 Å². The number of carbonyl (C=O) groups is 1. The lowest BCUT2D eigenvalue weighted by molar-refractivity contribution is -0.150. The lowest BCUT2D eigenvalue weighted by atomic mass is 10.0. The third-order valence-corrected chi connectivity index (χ3v) is 6.88. The molecular weight excluding hydrogens is 428 g/mol. The Morgan fingerprint density at radius 3 is 2.50 bits per heavy atom. The van der Waals surface area contributed by atoms with Crippen LogP contribution in [-0.2, 0) is 19.6 Å². The number of esters is 1. The van der Waals surface area contributed by atoms with Crippen LogP contribution in [0.25, 0.3) is 0 Å². The van der Waals surface area contributed by atoms with Crippen molar-refractivity contribution in [2.75, 3.05) is 26.3 Å². The van der Waals surface area contributed by atoms with Gasteiger partial charge in [-0.3, -0.25) is 4.79 Å². The molecule has 1 saturated heterocycles. The molecule has 1 atom stereocenters. The van der Waals surface area contributed by atoms with Gasteiger partial charge in [0.05, 0.1) is 22.4 Å². The van der Waals surface area contributed by atoms with E-state index in [2.05, 4.69) is 0 Å². The van der Waals surface area contributed by atoms with Crippen LogP contribution in [0, 0.1) is 17.2 Å². The summed E-state index contributed by atoms with van der Waals surface area (Å²) in [6.07, 6.45) is 1.15. The fourth-order valence-corrected chi connectivity index (χ4v) is 4.80. The van der Waals surface area contributed by atoms with E-state index in [0.29, 0.717) is 35.7 Å². The van der Waals surface area contributed by atoms with Crippen LogP contribution in [0.15, 0.2) is 53.4 Å². The first kappa shape index (κ1) is 22.1. The van der Waals surface area contributed by atoms with E-state index in [1.165, 1.54) is 28.6 Å². The molecule has 0 aliphatic carbocycles. The molecular formula is C21H21ClN2O5S. The fourth-order valence-electron chi connectivity index (χ4n) is 3.15. The normalized spacial score (nSPS) is 17.1. The molecule has 0 radical (unpaired) electrons. The Balaban J connectivity index is 1.50. The van der Waals surface area contributed by atoms with Crippen LogP contribution in [0.1, 0.15) is 18.4 Å². The fraction of sp³-hybridized carbons (Fsp3) is 0.333. The average Bonchev–Trinajstić information content (AvgIpc) is 2.77. The van der Waals surface area contributed by atoms with Crippen molar-refractivity contribution >= 4 is 27.6 Å². The van der Waals surface area contributed by atoms with Crippen LogP contribution in [-0.4, -0.2) is 45.0 Å². The van der Waals surface area contributed by atoms with Gasteiger partial charge in [0.1, 0.15) is 19.0 Å². The number of benzene rings is 2. The summed E-state index contributed by atoms with van der Waals surface area (Å²) in [6, 6.07) is 14.6. The molecule has 0 N–H and O–H groups in total. The number of nitriles is 1. The second-order valence-corrected chi connectivity index (χ2v) is 9.18. The summed E-state index contributed by atoms with van der Waals surface area (Å²) in [5.41, 5.74) is 0.532. The highest BCUT2D eigenvalue weighted by atomic mass is 35.5. The molecule has 1 unspecified atom stereocenters. The molecule has 7 nitrogen and oxygen atoms in total. The number of hydrogen-bond acceptors (Lipinski definition) is 6. The molecule has 3 rings (SSSR count). The molecule has 0 spiro atoms. The van der Waals surface area contributed by atoms with Gasteiger partial charge in [0.2, 0.25) is 10.0 Å². The zero-order valence-electron chi connectivity index (χ0n) is 16.2. The SMILES string of the molecule is N#Cc1ccc(OCCOC(=O)C2CCCN(S(=O)(=O)c3ccc(Cl)cc3)C2)cc1. The smallest absolute Gasteiger partial charge is 0.310 e. The summed E-state index contributed by atoms with van der Waals surface area (Å²) in [7, 11) is -3.69. The first-order valence-corrected chi connectivity index (χ1v) is 11.3. The van der Waals surface area contributed by atoms with E-state index in [0.717, 1.165) is 0 Å². The highest BCUT2D eigenvalue weighted by Crippen LogP contribution is 2.25. The third-order valence-electron chi connectivity index (χ3n) is 4.75. The van der Waals surface area contributed by atoms with Crippen molar-refractivity contribution in [3.8, 4) is 11.8 Å². The molecule has 2 aromatic carbocycles. The van der Waals surface area contributed by atoms with Crippen LogP contribution < -0.4 is 4.74 Å². The van der Waals surface area contributed by atoms with E-state index < -0.39 is 21.9 Å². The number of piperidine rings is 1. The molecule has 0 bridgehead atoms. The Labute approximate surface area is 180 Å². The van der Waals surface area contributed by atoms with Gasteiger partial charge in [0.25, 0.3) is 0 Å². The van der Waals surface area contributed by atoms with E-state index >= 15 is 0 Å². The van der Waals surface area contributed by atoms with Gasteiger partial charge in [-0.05, 0) is 61.4 Å². The largest absolute Gasteiger partial charge is 0.490 e. The van der Waals surface area contributed by atoms with Crippen molar-refractivity contribution in [2.24, 2.45) is 5.92 Å². The summed E-state index contributed by atoms with van der Waals surface area (Å²) in [4.78, 5) is 12.5. The summed E-state index contributed by atoms with van der Waals surface area (Å²) in [5.74, 6) is -0.381. The van der Waals surface area contributed by atoms with E-state index in [1.807, 2.05) is 6.07 Å². The van der Waals surface area contributed by atoms with Gasteiger partial charge in [-0.1, -0.05) is 11.6 Å². The minimum absolute atomic E-state index is 0.0548. The number of carbonyl (C=O) groups excluding carboxylic acids is 1. The van der Waals surface area contributed by atoms with Gasteiger partial charge >= 0.3 is 5.97 Å². The lowest BCUT2D eigenvalue weighted by Gasteiger charge is -2.30. The molecule has 1 aliphatic heterocycles. The van der Waals surface area contributed by atoms with E-state index in [4.69, 9.17) is 26.3 Å². The molecule has 30 heavy (non-hydrogen) atoms. The third kappa shape index (κ3) is 5.51. The predicted octanol–water partition coefficient (Wildman–Crippen LogP) is 3.23. The molecule has 9 heteroatoms. The minimum atomic E-state index is -3.69. The highest BCUT2D eigenvalue weighted by molar-refractivity contribution is 7.89. The Bertz CT molecular complexity index is 1020. The molecule has 0 amide bonds. The van der Waals surface area contributed by atoms with Gasteiger partial charge in [0, 0.05) is 18.1 Å². The first-order valence-electron chi connectivity index (χ1n) is 9.45. The maximum absolute atomic E-state index is 12.8. The lowest BCUT2D eigenvalue weighted by Crippen LogP contribution is -2.42. The van der Waals surface area contributed by atoms with Gasteiger partial charge in [0.15, 0.2) is 0 Å². The van der Waals surface area contributed by atoms with E-state index in [9.17, 15) is 13.2 Å². The van der Waals surface area contributed by atoms with E-state index in [1.54, 1.807) is 24.3 Å². The Morgan fingerprint density at radius 1 is 1.13 bits per heavy atom. The zero-order valence-corrected chi connectivity index (χ0v) is 17.7. The standard InChI is InChI=1S/C21H21ClN2O5S/c22-18-5-9-20(10-6-18)30(26,27)24-11-1-2-17(15-24)21(25)29-13-12-28-19-7-3-16(14-23)4-8-19/h3-10,17H,1-2,11-13,15H2. The van der Waals surface area contributed by atoms with Crippen LogP contribution in [0.3, 0.4) is 0 Å². The number of hydrogen-bond donors (Lipinski definition) is 0. The van der Waals surface area contributed by atoms with Crippen molar-refractivity contribution in [3.05, 3.63) is 59.1 Å². The summed E-state index contributed by atoms with van der Waals surface area (Å²) < 4.78 is 37.7. The minimum Gasteiger partial charge on any atom is -0.490 e. The first-order chi connectivity index (χ1) is 14.4. The zero-order chi connectivity index (χ0) is 21.6. The summed E-state index contributed by atoms with van der Waals surface area (Å²) in [5, 5.41) is 9.23. The molecule has 1 heterocycles.